The molecule has 6 nitrogen and oxygen atoms in total. The average molecular weight is 614 g/mol. The number of benzene rings is 3. The molecule has 1 N–H and O–H groups in total. The molecule has 4 aromatic rings. The summed E-state index contributed by atoms with van der Waals surface area (Å²) in [6.07, 6.45) is -4.87. The summed E-state index contributed by atoms with van der Waals surface area (Å²) in [7, 11) is 0. The number of hydrogen-bond donors (Lipinski definition) is 1. The minimum Gasteiger partial charge on any atom is -0.363 e. The quantitative estimate of drug-likeness (QED) is 0.255. The Morgan fingerprint density at radius 3 is 2.05 bits per heavy atom. The van der Waals surface area contributed by atoms with Gasteiger partial charge in [-0.2, -0.15) is 18.3 Å². The van der Waals surface area contributed by atoms with E-state index in [1.165, 1.54) is 6.07 Å². The maximum atomic E-state index is 14.2. The molecule has 1 fully saturated rings. The molecule has 3 aromatic carbocycles. The predicted molar refractivity (Wildman–Crippen MR) is 157 cm³/mol. The van der Waals surface area contributed by atoms with Gasteiger partial charge in [0.15, 0.2) is 11.7 Å². The Morgan fingerprint density at radius 1 is 0.857 bits per heavy atom. The Morgan fingerprint density at radius 2 is 1.48 bits per heavy atom. The van der Waals surface area contributed by atoms with E-state index in [-0.39, 0.29) is 34.9 Å². The molecule has 0 aliphatic carbocycles. The molecule has 218 valence electrons. The van der Waals surface area contributed by atoms with Crippen LogP contribution in [0.5, 0.6) is 0 Å². The summed E-state index contributed by atoms with van der Waals surface area (Å²) >= 11 is 12.1. The minimum absolute atomic E-state index is 0.0161. The van der Waals surface area contributed by atoms with Crippen molar-refractivity contribution < 1.29 is 18.0 Å². The van der Waals surface area contributed by atoms with Crippen molar-refractivity contribution in [1.82, 2.24) is 19.6 Å². The molecular formula is C31H28Cl2F3N5O. The molecule has 0 bridgehead atoms. The van der Waals surface area contributed by atoms with Crippen LogP contribution in [-0.2, 0) is 0 Å². The number of nitrogens with one attached hydrogen (secondary N) is 1. The van der Waals surface area contributed by atoms with Crippen LogP contribution in [-0.4, -0.2) is 57.8 Å². The highest BCUT2D eigenvalue weighted by Gasteiger charge is 2.47. The third-order valence-corrected chi connectivity index (χ3v) is 8.69. The van der Waals surface area contributed by atoms with Gasteiger partial charge in [0.2, 0.25) is 0 Å². The summed E-state index contributed by atoms with van der Waals surface area (Å²) in [5.74, 6) is -0.254. The average Bonchev–Trinajstić information content (AvgIpc) is 3.43. The number of amides is 1. The van der Waals surface area contributed by atoms with Crippen LogP contribution < -0.4 is 5.32 Å². The lowest BCUT2D eigenvalue weighted by atomic mass is 9.96. The standard InChI is InChI=1S/C31H28Cl2F3N5O/c32-23-12-11-22(17-24(23)33)25-18-27(31(34,35)36)41-28(37-25)19-26(38-41)30(42)40-15-13-39(14-16-40)29(20-7-3-1-4-8-20)21-9-5-2-6-10-21/h1-12,17,19,25,27,29,37H,13-16,18H2/t25-,27-/m1/s1. The van der Waals surface area contributed by atoms with Gasteiger partial charge in [-0.3, -0.25) is 9.69 Å². The first-order chi connectivity index (χ1) is 20.2. The Labute approximate surface area is 251 Å². The van der Waals surface area contributed by atoms with Crippen molar-refractivity contribution in [2.75, 3.05) is 31.5 Å². The molecule has 0 radical (unpaired) electrons. The normalized spacial score (nSPS) is 19.4. The summed E-state index contributed by atoms with van der Waals surface area (Å²) < 4.78 is 43.4. The molecular weight excluding hydrogens is 586 g/mol. The zero-order valence-corrected chi connectivity index (χ0v) is 23.9. The molecule has 2 aliphatic heterocycles. The van der Waals surface area contributed by atoms with Crippen molar-refractivity contribution in [2.45, 2.75) is 30.7 Å². The van der Waals surface area contributed by atoms with Crippen LogP contribution in [0.2, 0.25) is 10.0 Å². The van der Waals surface area contributed by atoms with Gasteiger partial charge in [0, 0.05) is 38.7 Å². The molecule has 0 unspecified atom stereocenters. The molecule has 11 heteroatoms. The number of carbonyl (C=O) groups is 1. The van der Waals surface area contributed by atoms with Gasteiger partial charge in [-0.25, -0.2) is 4.68 Å². The molecule has 42 heavy (non-hydrogen) atoms. The summed E-state index contributed by atoms with van der Waals surface area (Å²) in [4.78, 5) is 17.5. The SMILES string of the molecule is O=C(c1cc2n(n1)[C@@H](C(F)(F)F)C[C@H](c1ccc(Cl)c(Cl)c1)N2)N1CCN(C(c2ccccc2)c2ccccc2)CC1. The van der Waals surface area contributed by atoms with Crippen molar-refractivity contribution in [3.8, 4) is 0 Å². The highest BCUT2D eigenvalue weighted by atomic mass is 35.5. The fourth-order valence-corrected chi connectivity index (χ4v) is 6.16. The predicted octanol–water partition coefficient (Wildman–Crippen LogP) is 7.40. The smallest absolute Gasteiger partial charge is 0.363 e. The van der Waals surface area contributed by atoms with Gasteiger partial charge in [0.1, 0.15) is 5.82 Å². The molecule has 1 amide bonds. The first-order valence-electron chi connectivity index (χ1n) is 13.7. The van der Waals surface area contributed by atoms with Crippen molar-refractivity contribution in [3.05, 3.63) is 117 Å². The van der Waals surface area contributed by atoms with E-state index >= 15 is 0 Å². The van der Waals surface area contributed by atoms with E-state index < -0.39 is 18.3 Å². The molecule has 0 saturated carbocycles. The third kappa shape index (κ3) is 5.73. The van der Waals surface area contributed by atoms with Crippen molar-refractivity contribution >= 4 is 34.9 Å². The number of anilines is 1. The van der Waals surface area contributed by atoms with Crippen molar-refractivity contribution in [2.24, 2.45) is 0 Å². The molecule has 3 heterocycles. The monoisotopic (exact) mass is 613 g/mol. The Balaban J connectivity index is 1.21. The van der Waals surface area contributed by atoms with Gasteiger partial charge >= 0.3 is 6.18 Å². The number of halogens is 5. The molecule has 0 spiro atoms. The van der Waals surface area contributed by atoms with Gasteiger partial charge in [0.05, 0.1) is 22.1 Å². The van der Waals surface area contributed by atoms with Gasteiger partial charge in [-0.15, -0.1) is 0 Å². The van der Waals surface area contributed by atoms with Crippen LogP contribution in [0.1, 0.15) is 51.7 Å². The lowest BCUT2D eigenvalue weighted by molar-refractivity contribution is -0.173. The minimum atomic E-state index is -4.56. The van der Waals surface area contributed by atoms with Crippen LogP contribution >= 0.6 is 23.2 Å². The second kappa shape index (κ2) is 11.6. The number of nitrogens with zero attached hydrogens (tertiary/aromatic N) is 4. The second-order valence-corrected chi connectivity index (χ2v) is 11.4. The number of carbonyl (C=O) groups excluding carboxylic acids is 1. The molecule has 2 atom stereocenters. The third-order valence-electron chi connectivity index (χ3n) is 7.95. The number of aromatic nitrogens is 2. The second-order valence-electron chi connectivity index (χ2n) is 10.6. The summed E-state index contributed by atoms with van der Waals surface area (Å²) in [5, 5.41) is 7.86. The topological polar surface area (TPSA) is 53.4 Å². The van der Waals surface area contributed by atoms with Gasteiger partial charge < -0.3 is 10.2 Å². The summed E-state index contributed by atoms with van der Waals surface area (Å²) in [5.41, 5.74) is 2.87. The van der Waals surface area contributed by atoms with E-state index in [0.29, 0.717) is 36.8 Å². The van der Waals surface area contributed by atoms with E-state index in [4.69, 9.17) is 23.2 Å². The van der Waals surface area contributed by atoms with Gasteiger partial charge in [-0.05, 0) is 28.8 Å². The van der Waals surface area contributed by atoms with E-state index in [0.717, 1.165) is 15.8 Å². The molecule has 1 saturated heterocycles. The first-order valence-corrected chi connectivity index (χ1v) is 14.5. The summed E-state index contributed by atoms with van der Waals surface area (Å²) in [6, 6.07) is 24.0. The molecule has 1 aromatic heterocycles. The van der Waals surface area contributed by atoms with E-state index in [9.17, 15) is 18.0 Å². The van der Waals surface area contributed by atoms with Crippen LogP contribution in [0, 0.1) is 0 Å². The van der Waals surface area contributed by atoms with Gasteiger partial charge in [-0.1, -0.05) is 89.9 Å². The van der Waals surface area contributed by atoms with E-state index in [1.807, 2.05) is 36.4 Å². The first kappa shape index (κ1) is 28.6. The highest BCUT2D eigenvalue weighted by molar-refractivity contribution is 6.42. The Kier molecular flexibility index (Phi) is 7.91. The molecule has 6 rings (SSSR count). The van der Waals surface area contributed by atoms with E-state index in [2.05, 4.69) is 39.6 Å². The number of rotatable bonds is 5. The summed E-state index contributed by atoms with van der Waals surface area (Å²) in [6.45, 7) is 2.08. The largest absolute Gasteiger partial charge is 0.410 e. The fraction of sp³-hybridized carbons (Fsp3) is 0.290. The van der Waals surface area contributed by atoms with E-state index in [1.54, 1.807) is 23.1 Å². The Bertz CT molecular complexity index is 1520. The van der Waals surface area contributed by atoms with Crippen LogP contribution in [0.3, 0.4) is 0 Å². The molecule has 2 aliphatic rings. The van der Waals surface area contributed by atoms with Crippen molar-refractivity contribution in [1.29, 1.82) is 0 Å². The van der Waals surface area contributed by atoms with Crippen LogP contribution in [0.4, 0.5) is 19.0 Å². The Hall–Kier alpha value is -3.53. The van der Waals surface area contributed by atoms with Crippen LogP contribution in [0.15, 0.2) is 84.9 Å². The van der Waals surface area contributed by atoms with Crippen molar-refractivity contribution in [3.63, 3.8) is 0 Å². The lowest BCUT2D eigenvalue weighted by Gasteiger charge is -2.39. The van der Waals surface area contributed by atoms with Crippen LogP contribution in [0.25, 0.3) is 0 Å². The lowest BCUT2D eigenvalue weighted by Crippen LogP contribution is -2.50. The number of alkyl halides is 3. The maximum Gasteiger partial charge on any atom is 0.410 e. The number of fused-ring (bicyclic) bond motifs is 1. The van der Waals surface area contributed by atoms with Gasteiger partial charge in [0.25, 0.3) is 5.91 Å². The zero-order chi connectivity index (χ0) is 29.4. The maximum absolute atomic E-state index is 14.2. The highest BCUT2D eigenvalue weighted by Crippen LogP contribution is 2.44. The fourth-order valence-electron chi connectivity index (χ4n) is 5.86. The number of piperazine rings is 1. The number of hydrogen-bond acceptors (Lipinski definition) is 4. The zero-order valence-electron chi connectivity index (χ0n) is 22.4.